The Bertz CT molecular complexity index is 457. The van der Waals surface area contributed by atoms with E-state index in [2.05, 4.69) is 27.7 Å². The molecule has 3 fully saturated rings. The van der Waals surface area contributed by atoms with Crippen LogP contribution < -0.4 is 0 Å². The van der Waals surface area contributed by atoms with Gasteiger partial charge in [0.2, 0.25) is 0 Å². The standard InChI is InChI=1S/C21H36O2/c1-14(2)15-7-9-17-16(13-15)8-10-18-20(17,3)11-6-12-21(18,4)19(22)23-5/h14-18H,6-13H2,1-5H3/t15?,16?,17?,18?,20-,21?/m1/s1. The number of carbonyl (C=O) groups is 1. The molecule has 3 rings (SSSR count). The van der Waals surface area contributed by atoms with Crippen LogP contribution in [-0.4, -0.2) is 13.1 Å². The fourth-order valence-corrected chi connectivity index (χ4v) is 6.96. The average Bonchev–Trinajstić information content (AvgIpc) is 2.53. The fraction of sp³-hybridized carbons (Fsp3) is 0.952. The lowest BCUT2D eigenvalue weighted by Gasteiger charge is -2.61. The number of ether oxygens (including phenoxy) is 1. The Kier molecular flexibility index (Phi) is 4.57. The Hall–Kier alpha value is -0.530. The van der Waals surface area contributed by atoms with E-state index < -0.39 is 0 Å². The van der Waals surface area contributed by atoms with Gasteiger partial charge in [-0.2, -0.15) is 0 Å². The first-order valence-corrected chi connectivity index (χ1v) is 9.91. The van der Waals surface area contributed by atoms with Gasteiger partial charge in [0.15, 0.2) is 0 Å². The molecule has 132 valence electrons. The van der Waals surface area contributed by atoms with Crippen molar-refractivity contribution in [2.45, 2.75) is 79.1 Å². The normalized spacial score (nSPS) is 46.9. The Morgan fingerprint density at radius 1 is 1.09 bits per heavy atom. The summed E-state index contributed by atoms with van der Waals surface area (Å²) in [7, 11) is 1.57. The molecule has 0 amide bonds. The van der Waals surface area contributed by atoms with Crippen LogP contribution in [0.2, 0.25) is 0 Å². The molecule has 0 aromatic heterocycles. The van der Waals surface area contributed by atoms with Gasteiger partial charge in [-0.05, 0) is 86.9 Å². The highest BCUT2D eigenvalue weighted by Crippen LogP contribution is 2.64. The topological polar surface area (TPSA) is 26.3 Å². The summed E-state index contributed by atoms with van der Waals surface area (Å²) in [6, 6.07) is 0. The van der Waals surface area contributed by atoms with Crippen molar-refractivity contribution in [2.75, 3.05) is 7.11 Å². The minimum atomic E-state index is -0.248. The molecule has 0 aromatic carbocycles. The molecule has 6 atom stereocenters. The molecule has 3 aliphatic carbocycles. The number of esters is 1. The van der Waals surface area contributed by atoms with Crippen LogP contribution in [0.1, 0.15) is 79.1 Å². The highest BCUT2D eigenvalue weighted by Gasteiger charge is 2.59. The van der Waals surface area contributed by atoms with E-state index in [1.54, 1.807) is 7.11 Å². The van der Waals surface area contributed by atoms with E-state index in [-0.39, 0.29) is 11.4 Å². The van der Waals surface area contributed by atoms with Crippen molar-refractivity contribution in [3.8, 4) is 0 Å². The summed E-state index contributed by atoms with van der Waals surface area (Å²) in [6.45, 7) is 9.51. The Labute approximate surface area is 142 Å². The summed E-state index contributed by atoms with van der Waals surface area (Å²) in [5, 5.41) is 0. The first kappa shape index (κ1) is 17.3. The van der Waals surface area contributed by atoms with Crippen LogP contribution in [0.5, 0.6) is 0 Å². The fourth-order valence-electron chi connectivity index (χ4n) is 6.96. The minimum Gasteiger partial charge on any atom is -0.469 e. The molecule has 5 unspecified atom stereocenters. The molecule has 23 heavy (non-hydrogen) atoms. The van der Waals surface area contributed by atoms with Gasteiger partial charge in [0.25, 0.3) is 0 Å². The first-order valence-electron chi connectivity index (χ1n) is 9.91. The van der Waals surface area contributed by atoms with E-state index in [0.717, 1.165) is 30.1 Å². The molecule has 0 saturated heterocycles. The van der Waals surface area contributed by atoms with Crippen molar-refractivity contribution < 1.29 is 9.53 Å². The highest BCUT2D eigenvalue weighted by atomic mass is 16.5. The summed E-state index contributed by atoms with van der Waals surface area (Å²) in [5.74, 6) is 4.05. The van der Waals surface area contributed by atoms with Gasteiger partial charge in [-0.3, -0.25) is 4.79 Å². The molecule has 0 spiro atoms. The zero-order valence-corrected chi connectivity index (χ0v) is 15.9. The Balaban J connectivity index is 1.85. The molecule has 2 nitrogen and oxygen atoms in total. The van der Waals surface area contributed by atoms with Gasteiger partial charge in [0.1, 0.15) is 0 Å². The summed E-state index contributed by atoms with van der Waals surface area (Å²) in [6.07, 6.45) is 10.3. The summed E-state index contributed by atoms with van der Waals surface area (Å²) in [5.41, 5.74) is 0.105. The molecule has 0 N–H and O–H groups in total. The van der Waals surface area contributed by atoms with Gasteiger partial charge in [0, 0.05) is 0 Å². The molecular weight excluding hydrogens is 284 g/mol. The molecule has 0 aromatic rings. The van der Waals surface area contributed by atoms with Crippen molar-refractivity contribution >= 4 is 5.97 Å². The maximum absolute atomic E-state index is 12.6. The van der Waals surface area contributed by atoms with Gasteiger partial charge in [0.05, 0.1) is 12.5 Å². The lowest BCUT2D eigenvalue weighted by molar-refractivity contribution is -0.176. The number of rotatable bonds is 2. The zero-order valence-electron chi connectivity index (χ0n) is 15.9. The van der Waals surface area contributed by atoms with E-state index in [4.69, 9.17) is 4.74 Å². The molecule has 3 aliphatic rings. The predicted octanol–water partition coefficient (Wildman–Crippen LogP) is 5.45. The molecular formula is C21H36O2. The number of hydrogen-bond acceptors (Lipinski definition) is 2. The third-order valence-electron chi connectivity index (χ3n) is 8.27. The van der Waals surface area contributed by atoms with E-state index >= 15 is 0 Å². The van der Waals surface area contributed by atoms with Gasteiger partial charge in [-0.15, -0.1) is 0 Å². The first-order chi connectivity index (χ1) is 10.8. The van der Waals surface area contributed by atoms with E-state index in [1.165, 1.54) is 44.9 Å². The van der Waals surface area contributed by atoms with Gasteiger partial charge >= 0.3 is 5.97 Å². The van der Waals surface area contributed by atoms with Crippen LogP contribution in [-0.2, 0) is 9.53 Å². The number of hydrogen-bond donors (Lipinski definition) is 0. The third-order valence-corrected chi connectivity index (χ3v) is 8.27. The second-order valence-corrected chi connectivity index (χ2v) is 9.58. The van der Waals surface area contributed by atoms with Crippen LogP contribution in [0.15, 0.2) is 0 Å². The second-order valence-electron chi connectivity index (χ2n) is 9.58. The maximum atomic E-state index is 12.6. The molecule has 3 saturated carbocycles. The summed E-state index contributed by atoms with van der Waals surface area (Å²) < 4.78 is 5.23. The SMILES string of the molecule is COC(=O)C1(C)CCC[C@]2(C)C3CCC(C(C)C)CC3CCC12. The van der Waals surface area contributed by atoms with Crippen LogP contribution >= 0.6 is 0 Å². The monoisotopic (exact) mass is 320 g/mol. The van der Waals surface area contributed by atoms with Crippen molar-refractivity contribution in [3.05, 3.63) is 0 Å². The van der Waals surface area contributed by atoms with Gasteiger partial charge in [-0.25, -0.2) is 0 Å². The lowest BCUT2D eigenvalue weighted by Crippen LogP contribution is -2.56. The number of methoxy groups -OCH3 is 1. The third kappa shape index (κ3) is 2.65. The van der Waals surface area contributed by atoms with Crippen molar-refractivity contribution in [3.63, 3.8) is 0 Å². The largest absolute Gasteiger partial charge is 0.469 e. The van der Waals surface area contributed by atoms with Crippen molar-refractivity contribution in [1.29, 1.82) is 0 Å². The Morgan fingerprint density at radius 3 is 2.48 bits per heavy atom. The van der Waals surface area contributed by atoms with Gasteiger partial charge in [-0.1, -0.05) is 27.2 Å². The van der Waals surface area contributed by atoms with Crippen LogP contribution in [0.3, 0.4) is 0 Å². The zero-order chi connectivity index (χ0) is 16.8. The van der Waals surface area contributed by atoms with E-state index in [1.807, 2.05) is 0 Å². The minimum absolute atomic E-state index is 0.0442. The van der Waals surface area contributed by atoms with Crippen molar-refractivity contribution in [2.24, 2.45) is 40.4 Å². The van der Waals surface area contributed by atoms with Crippen LogP contribution in [0.4, 0.5) is 0 Å². The van der Waals surface area contributed by atoms with Crippen molar-refractivity contribution in [1.82, 2.24) is 0 Å². The van der Waals surface area contributed by atoms with E-state index in [0.29, 0.717) is 11.3 Å². The molecule has 0 heterocycles. The average molecular weight is 321 g/mol. The smallest absolute Gasteiger partial charge is 0.311 e. The molecule has 0 radical (unpaired) electrons. The highest BCUT2D eigenvalue weighted by molar-refractivity contribution is 5.77. The predicted molar refractivity (Wildman–Crippen MR) is 94.0 cm³/mol. The molecule has 2 heteroatoms. The van der Waals surface area contributed by atoms with Gasteiger partial charge < -0.3 is 4.74 Å². The lowest BCUT2D eigenvalue weighted by atomic mass is 9.43. The number of carbonyl (C=O) groups excluding carboxylic acids is 1. The maximum Gasteiger partial charge on any atom is 0.311 e. The molecule has 0 bridgehead atoms. The number of fused-ring (bicyclic) bond motifs is 3. The summed E-state index contributed by atoms with van der Waals surface area (Å²) in [4.78, 5) is 12.6. The summed E-state index contributed by atoms with van der Waals surface area (Å²) >= 11 is 0. The van der Waals surface area contributed by atoms with Crippen LogP contribution in [0.25, 0.3) is 0 Å². The van der Waals surface area contributed by atoms with Crippen LogP contribution in [0, 0.1) is 40.4 Å². The second kappa shape index (κ2) is 6.08. The Morgan fingerprint density at radius 2 is 1.83 bits per heavy atom. The molecule has 0 aliphatic heterocycles. The quantitative estimate of drug-likeness (QED) is 0.632. The van der Waals surface area contributed by atoms with E-state index in [9.17, 15) is 4.79 Å².